The van der Waals surface area contributed by atoms with Crippen molar-refractivity contribution in [1.29, 1.82) is 0 Å². The van der Waals surface area contributed by atoms with Crippen molar-refractivity contribution in [3.05, 3.63) is 268 Å². The van der Waals surface area contributed by atoms with Crippen LogP contribution in [-0.2, 0) is 21.7 Å². The summed E-state index contributed by atoms with van der Waals surface area (Å²) in [5, 5.41) is 0. The van der Waals surface area contributed by atoms with Crippen molar-refractivity contribution >= 4 is 17.1 Å². The van der Waals surface area contributed by atoms with Gasteiger partial charge in [-0.05, 0) is 142 Å². The van der Waals surface area contributed by atoms with Crippen LogP contribution in [0.25, 0.3) is 66.8 Å². The molecular formula is C70H53N. The Kier molecular flexibility index (Phi) is 7.98. The summed E-state index contributed by atoms with van der Waals surface area (Å²) in [5.74, 6) is 0. The Hall–Kier alpha value is -8.00. The van der Waals surface area contributed by atoms with Crippen molar-refractivity contribution in [3.63, 3.8) is 0 Å². The molecule has 0 heterocycles. The lowest BCUT2D eigenvalue weighted by Crippen LogP contribution is -2.26. The van der Waals surface area contributed by atoms with Gasteiger partial charge in [0, 0.05) is 38.7 Å². The third kappa shape index (κ3) is 5.06. The molecule has 10 aromatic carbocycles. The number of hydrogen-bond acceptors (Lipinski definition) is 1. The van der Waals surface area contributed by atoms with Gasteiger partial charge in [-0.15, -0.1) is 0 Å². The quantitative estimate of drug-likeness (QED) is 0.170. The van der Waals surface area contributed by atoms with E-state index in [9.17, 15) is 0 Å². The van der Waals surface area contributed by atoms with Gasteiger partial charge in [0.25, 0.3) is 0 Å². The Morgan fingerprint density at radius 2 is 0.620 bits per heavy atom. The maximum absolute atomic E-state index is 2.70. The molecule has 0 aromatic heterocycles. The van der Waals surface area contributed by atoms with E-state index in [1.807, 2.05) is 0 Å². The van der Waals surface area contributed by atoms with Crippen LogP contribution in [0.1, 0.15) is 97.2 Å². The minimum atomic E-state index is -0.486. The molecule has 0 radical (unpaired) electrons. The van der Waals surface area contributed by atoms with E-state index in [0.29, 0.717) is 0 Å². The van der Waals surface area contributed by atoms with E-state index in [4.69, 9.17) is 0 Å². The fourth-order valence-corrected chi connectivity index (χ4v) is 14.5. The molecule has 1 spiro atoms. The third-order valence-electron chi connectivity index (χ3n) is 17.9. The molecule has 0 N–H and O–H groups in total. The number of fused-ring (bicyclic) bond motifs is 19. The van der Waals surface area contributed by atoms with Gasteiger partial charge in [-0.3, -0.25) is 0 Å². The van der Waals surface area contributed by atoms with Crippen LogP contribution in [0.15, 0.2) is 212 Å². The molecular weight excluding hydrogens is 855 g/mol. The normalized spacial score (nSPS) is 16.2. The highest BCUT2D eigenvalue weighted by Gasteiger charge is 2.52. The fourth-order valence-electron chi connectivity index (χ4n) is 14.5. The second-order valence-corrected chi connectivity index (χ2v) is 22.3. The van der Waals surface area contributed by atoms with Crippen molar-refractivity contribution in [3.8, 4) is 66.8 Å². The van der Waals surface area contributed by atoms with E-state index in [0.717, 1.165) is 5.69 Å². The molecule has 0 unspecified atom stereocenters. The lowest BCUT2D eigenvalue weighted by molar-refractivity contribution is 0.639. The Bertz CT molecular complexity index is 3910. The number of rotatable bonds is 4. The SMILES string of the molecule is CC1(C)c2ccccc2-c2ccc(N(c3ccc4c(c3)C3(c5ccccc5-c5ccccc53)c3ccccc3-4)c3c4c(cc5c3-c3ccc(-c6ccccc6)cc3C5(C)C)C(C)(C)c3ccccc3-4)cc21. The van der Waals surface area contributed by atoms with Crippen LogP contribution in [0.5, 0.6) is 0 Å². The predicted molar refractivity (Wildman–Crippen MR) is 296 cm³/mol. The monoisotopic (exact) mass is 907 g/mol. The Labute approximate surface area is 417 Å². The highest BCUT2D eigenvalue weighted by molar-refractivity contribution is 6.07. The van der Waals surface area contributed by atoms with E-state index in [1.54, 1.807) is 0 Å². The highest BCUT2D eigenvalue weighted by Crippen LogP contribution is 2.66. The van der Waals surface area contributed by atoms with Crippen LogP contribution in [0, 0.1) is 0 Å². The molecule has 1 heteroatoms. The summed E-state index contributed by atoms with van der Waals surface area (Å²) in [6.45, 7) is 14.6. The zero-order valence-corrected chi connectivity index (χ0v) is 41.2. The molecule has 0 amide bonds. The Balaban J connectivity index is 1.08. The summed E-state index contributed by atoms with van der Waals surface area (Å²) in [6.07, 6.45) is 0. The van der Waals surface area contributed by atoms with E-state index in [1.165, 1.54) is 134 Å². The van der Waals surface area contributed by atoms with E-state index in [2.05, 4.69) is 259 Å². The van der Waals surface area contributed by atoms with Gasteiger partial charge in [-0.1, -0.05) is 224 Å². The van der Waals surface area contributed by atoms with Crippen LogP contribution in [-0.4, -0.2) is 0 Å². The lowest BCUT2D eigenvalue weighted by Gasteiger charge is -2.35. The predicted octanol–water partition coefficient (Wildman–Crippen LogP) is 18.1. The molecule has 0 saturated carbocycles. The van der Waals surface area contributed by atoms with Crippen molar-refractivity contribution in [2.75, 3.05) is 4.90 Å². The summed E-state index contributed by atoms with van der Waals surface area (Å²) in [6, 6.07) is 81.5. The first-order chi connectivity index (χ1) is 34.5. The van der Waals surface area contributed by atoms with Crippen LogP contribution < -0.4 is 4.90 Å². The first-order valence-electron chi connectivity index (χ1n) is 25.5. The first-order valence-corrected chi connectivity index (χ1v) is 25.5. The molecule has 1 nitrogen and oxygen atoms in total. The van der Waals surface area contributed by atoms with Gasteiger partial charge in [0.15, 0.2) is 0 Å². The minimum absolute atomic E-state index is 0.188. The number of anilines is 3. The fraction of sp³-hybridized carbons (Fsp3) is 0.143. The summed E-state index contributed by atoms with van der Waals surface area (Å²) >= 11 is 0. The van der Waals surface area contributed by atoms with Crippen LogP contribution in [0.4, 0.5) is 17.1 Å². The van der Waals surface area contributed by atoms with Gasteiger partial charge in [-0.2, -0.15) is 0 Å². The van der Waals surface area contributed by atoms with Crippen molar-refractivity contribution in [1.82, 2.24) is 0 Å². The average molecular weight is 908 g/mol. The zero-order valence-electron chi connectivity index (χ0n) is 41.2. The van der Waals surface area contributed by atoms with Crippen LogP contribution in [0.3, 0.4) is 0 Å². The van der Waals surface area contributed by atoms with Crippen LogP contribution >= 0.6 is 0 Å². The number of benzene rings is 10. The first kappa shape index (κ1) is 40.8. The molecule has 5 aliphatic carbocycles. The lowest BCUT2D eigenvalue weighted by atomic mass is 9.70. The van der Waals surface area contributed by atoms with E-state index in [-0.39, 0.29) is 16.2 Å². The molecule has 0 bridgehead atoms. The maximum Gasteiger partial charge on any atom is 0.0726 e. The van der Waals surface area contributed by atoms with Crippen molar-refractivity contribution < 1.29 is 0 Å². The number of hydrogen-bond donors (Lipinski definition) is 0. The topological polar surface area (TPSA) is 3.24 Å². The molecule has 0 fully saturated rings. The minimum Gasteiger partial charge on any atom is -0.309 e. The highest BCUT2D eigenvalue weighted by atomic mass is 15.2. The number of nitrogens with zero attached hydrogens (tertiary/aromatic N) is 1. The van der Waals surface area contributed by atoms with Gasteiger partial charge < -0.3 is 4.90 Å². The van der Waals surface area contributed by atoms with Crippen LogP contribution in [0.2, 0.25) is 0 Å². The molecule has 0 atom stereocenters. The Morgan fingerprint density at radius 3 is 1.18 bits per heavy atom. The van der Waals surface area contributed by atoms with Crippen molar-refractivity contribution in [2.45, 2.75) is 63.2 Å². The van der Waals surface area contributed by atoms with E-state index < -0.39 is 5.41 Å². The average Bonchev–Trinajstić information content (AvgIpc) is 4.09. The third-order valence-corrected chi connectivity index (χ3v) is 17.9. The van der Waals surface area contributed by atoms with Crippen molar-refractivity contribution in [2.24, 2.45) is 0 Å². The Morgan fingerprint density at radius 1 is 0.254 bits per heavy atom. The molecule has 10 aromatic rings. The van der Waals surface area contributed by atoms with Gasteiger partial charge in [0.2, 0.25) is 0 Å². The zero-order chi connectivity index (χ0) is 47.8. The van der Waals surface area contributed by atoms with Gasteiger partial charge in [-0.25, -0.2) is 0 Å². The second-order valence-electron chi connectivity index (χ2n) is 22.3. The summed E-state index contributed by atoms with van der Waals surface area (Å²) in [7, 11) is 0. The molecule has 0 saturated heterocycles. The summed E-state index contributed by atoms with van der Waals surface area (Å²) < 4.78 is 0. The molecule has 0 aliphatic heterocycles. The maximum atomic E-state index is 2.70. The standard InChI is InChI=1S/C70H53N/c1-67(2)54-27-15-10-22-46(54)50-36-33-44(39-60(50)67)71(45-34-37-51-49-25-13-19-31-58(49)70(61(51)40-45)56-29-17-11-23-47(56)48-24-12-18-30-57(48)70)66-64-52-26-14-16-28-55(52)68(3,4)62(64)41-63-65(66)53-35-32-43(38-59(53)69(63,5)6)42-20-8-7-9-21-42/h7-41H,1-6H3. The summed E-state index contributed by atoms with van der Waals surface area (Å²) in [4.78, 5) is 2.70. The molecule has 338 valence electrons. The second kappa shape index (κ2) is 13.9. The largest absolute Gasteiger partial charge is 0.309 e. The molecule has 15 rings (SSSR count). The molecule has 71 heavy (non-hydrogen) atoms. The van der Waals surface area contributed by atoms with Gasteiger partial charge >= 0.3 is 0 Å². The summed E-state index contributed by atoms with van der Waals surface area (Å²) in [5.41, 5.74) is 31.8. The molecule has 5 aliphatic rings. The van der Waals surface area contributed by atoms with Gasteiger partial charge in [0.1, 0.15) is 0 Å². The van der Waals surface area contributed by atoms with Gasteiger partial charge in [0.05, 0.1) is 11.1 Å². The smallest absolute Gasteiger partial charge is 0.0726 e. The van der Waals surface area contributed by atoms with E-state index >= 15 is 0 Å².